The Hall–Kier alpha value is -3.08. The van der Waals surface area contributed by atoms with Gasteiger partial charge in [0.25, 0.3) is 0 Å². The summed E-state index contributed by atoms with van der Waals surface area (Å²) >= 11 is 0. The topological polar surface area (TPSA) is 58.9 Å². The fourth-order valence-corrected chi connectivity index (χ4v) is 2.92. The molecule has 0 aromatic heterocycles. The number of carbonyl (C=O) groups excluding carboxylic acids is 2. The first-order valence-corrected chi connectivity index (χ1v) is 6.55. The highest BCUT2D eigenvalue weighted by Gasteiger charge is 2.63. The molecule has 0 spiro atoms. The average molecular weight is 334 g/mol. The third kappa shape index (κ3) is 1.88. The molecule has 3 rings (SSSR count). The Morgan fingerprint density at radius 2 is 1.67 bits per heavy atom. The highest BCUT2D eigenvalue weighted by atomic mass is 19.4. The summed E-state index contributed by atoms with van der Waals surface area (Å²) in [7, 11) is 0. The maximum atomic E-state index is 14.9. The number of halogens is 4. The number of benzene rings is 2. The molecule has 0 bridgehead atoms. The Labute approximate surface area is 131 Å². The molecule has 120 valence electrons. The number of rotatable bonds is 2. The molecule has 0 N–H and O–H groups in total. The highest BCUT2D eigenvalue weighted by molar-refractivity contribution is 6.00. The van der Waals surface area contributed by atoms with Crippen LogP contribution in [0.3, 0.4) is 0 Å². The summed E-state index contributed by atoms with van der Waals surface area (Å²) in [5.41, 5.74) is -5.03. The Bertz CT molecular complexity index is 978. The van der Waals surface area contributed by atoms with E-state index in [2.05, 4.69) is 9.98 Å². The lowest BCUT2D eigenvalue weighted by atomic mass is 9.78. The van der Waals surface area contributed by atoms with Gasteiger partial charge in [0.1, 0.15) is 5.70 Å². The second kappa shape index (κ2) is 5.23. The summed E-state index contributed by atoms with van der Waals surface area (Å²) in [5, 5.41) is 0.359. The van der Waals surface area contributed by atoms with Crippen LogP contribution in [-0.2, 0) is 15.1 Å². The largest absolute Gasteiger partial charge is 0.425 e. The maximum Gasteiger partial charge on any atom is 0.425 e. The number of nitrogens with zero attached hydrogens (tertiary/aromatic N) is 2. The van der Waals surface area contributed by atoms with E-state index >= 15 is 0 Å². The first-order valence-electron chi connectivity index (χ1n) is 6.55. The quantitative estimate of drug-likeness (QED) is 0.475. The van der Waals surface area contributed by atoms with E-state index in [-0.39, 0.29) is 10.9 Å². The number of hydrogen-bond acceptors (Lipinski definition) is 4. The average Bonchev–Trinajstić information content (AvgIpc) is 2.54. The van der Waals surface area contributed by atoms with Crippen molar-refractivity contribution in [2.45, 2.75) is 11.7 Å². The van der Waals surface area contributed by atoms with Crippen molar-refractivity contribution in [3.63, 3.8) is 0 Å². The van der Waals surface area contributed by atoms with Crippen molar-refractivity contribution in [1.29, 1.82) is 0 Å². The first kappa shape index (κ1) is 15.8. The van der Waals surface area contributed by atoms with Crippen molar-refractivity contribution in [2.24, 2.45) is 9.98 Å². The van der Waals surface area contributed by atoms with Gasteiger partial charge in [-0.3, -0.25) is 0 Å². The number of isocyanates is 2. The first-order chi connectivity index (χ1) is 11.4. The summed E-state index contributed by atoms with van der Waals surface area (Å²) in [6, 6.07) is 8.16. The standard InChI is InChI=1S/C16H6F4N2O2/c17-14-13(21-7-23)10-5-1-3-9-4-2-6-11(12(9)10)15(14,22-8-24)16(18,19)20/h1-6H. The van der Waals surface area contributed by atoms with Crippen LogP contribution in [0.1, 0.15) is 11.1 Å². The van der Waals surface area contributed by atoms with Gasteiger partial charge in [0, 0.05) is 11.1 Å². The molecule has 2 aromatic rings. The van der Waals surface area contributed by atoms with Crippen LogP contribution in [0.4, 0.5) is 17.6 Å². The van der Waals surface area contributed by atoms with Gasteiger partial charge >= 0.3 is 6.18 Å². The van der Waals surface area contributed by atoms with Crippen molar-refractivity contribution in [3.8, 4) is 0 Å². The predicted molar refractivity (Wildman–Crippen MR) is 76.0 cm³/mol. The van der Waals surface area contributed by atoms with E-state index in [4.69, 9.17) is 0 Å². The normalized spacial score (nSPS) is 19.7. The van der Waals surface area contributed by atoms with Gasteiger partial charge in [-0.15, -0.1) is 0 Å². The molecule has 2 aromatic carbocycles. The van der Waals surface area contributed by atoms with Crippen molar-refractivity contribution in [2.75, 3.05) is 0 Å². The van der Waals surface area contributed by atoms with Crippen molar-refractivity contribution in [3.05, 3.63) is 53.4 Å². The van der Waals surface area contributed by atoms with Gasteiger partial charge in [-0.25, -0.2) is 14.0 Å². The lowest BCUT2D eigenvalue weighted by molar-refractivity contribution is -0.181. The molecule has 0 saturated heterocycles. The zero-order chi connectivity index (χ0) is 17.5. The minimum Gasteiger partial charge on any atom is -0.211 e. The lowest BCUT2D eigenvalue weighted by Crippen LogP contribution is -2.43. The molecule has 1 atom stereocenters. The third-order valence-electron chi connectivity index (χ3n) is 3.86. The van der Waals surface area contributed by atoms with Crippen molar-refractivity contribution >= 4 is 28.6 Å². The van der Waals surface area contributed by atoms with Gasteiger partial charge in [0.05, 0.1) is 0 Å². The van der Waals surface area contributed by atoms with Crippen molar-refractivity contribution in [1.82, 2.24) is 0 Å². The molecule has 0 aliphatic heterocycles. The molecule has 4 nitrogen and oxygen atoms in total. The SMILES string of the molecule is O=C=NC1=C(F)C(N=C=O)(C(F)(F)F)c2cccc3cccc1c23. The fourth-order valence-electron chi connectivity index (χ4n) is 2.92. The zero-order valence-corrected chi connectivity index (χ0v) is 11.7. The molecule has 0 heterocycles. The highest BCUT2D eigenvalue weighted by Crippen LogP contribution is 2.55. The van der Waals surface area contributed by atoms with Crippen LogP contribution >= 0.6 is 0 Å². The van der Waals surface area contributed by atoms with Gasteiger partial charge < -0.3 is 0 Å². The molecule has 0 amide bonds. The molecule has 0 saturated carbocycles. The second-order valence-corrected chi connectivity index (χ2v) is 4.99. The number of aliphatic imine (C=N–C) groups is 2. The van der Waals surface area contributed by atoms with E-state index in [0.29, 0.717) is 5.39 Å². The minimum absolute atomic E-state index is 0.00623. The maximum absolute atomic E-state index is 14.9. The zero-order valence-electron chi connectivity index (χ0n) is 11.7. The molecule has 1 aliphatic rings. The van der Waals surface area contributed by atoms with Gasteiger partial charge in [0.15, 0.2) is 5.83 Å². The van der Waals surface area contributed by atoms with Crippen LogP contribution in [-0.4, -0.2) is 18.3 Å². The van der Waals surface area contributed by atoms with Crippen LogP contribution in [0.25, 0.3) is 16.5 Å². The summed E-state index contributed by atoms with van der Waals surface area (Å²) in [5.74, 6) is -1.87. The summed E-state index contributed by atoms with van der Waals surface area (Å²) in [4.78, 5) is 27.1. The third-order valence-corrected chi connectivity index (χ3v) is 3.86. The molecule has 0 fully saturated rings. The number of hydrogen-bond donors (Lipinski definition) is 0. The van der Waals surface area contributed by atoms with Crippen LogP contribution < -0.4 is 0 Å². The smallest absolute Gasteiger partial charge is 0.211 e. The lowest BCUT2D eigenvalue weighted by Gasteiger charge is -2.34. The van der Waals surface area contributed by atoms with Gasteiger partial charge in [-0.1, -0.05) is 36.4 Å². The van der Waals surface area contributed by atoms with Gasteiger partial charge in [-0.05, 0) is 10.8 Å². The fraction of sp³-hybridized carbons (Fsp3) is 0.125. The van der Waals surface area contributed by atoms with E-state index in [1.807, 2.05) is 0 Å². The van der Waals surface area contributed by atoms with E-state index in [1.54, 1.807) is 0 Å². The van der Waals surface area contributed by atoms with Crippen LogP contribution in [0.15, 0.2) is 52.2 Å². The molecule has 1 aliphatic carbocycles. The van der Waals surface area contributed by atoms with E-state index in [9.17, 15) is 27.2 Å². The molecular formula is C16H6F4N2O2. The van der Waals surface area contributed by atoms with Crippen molar-refractivity contribution < 1.29 is 27.2 Å². The van der Waals surface area contributed by atoms with E-state index < -0.39 is 28.8 Å². The Morgan fingerprint density at radius 1 is 1.00 bits per heavy atom. The summed E-state index contributed by atoms with van der Waals surface area (Å²) in [6.45, 7) is 0. The molecule has 24 heavy (non-hydrogen) atoms. The number of alkyl halides is 3. The molecule has 1 unspecified atom stereocenters. The second-order valence-electron chi connectivity index (χ2n) is 4.99. The predicted octanol–water partition coefficient (Wildman–Crippen LogP) is 3.92. The van der Waals surface area contributed by atoms with Crippen LogP contribution in [0.2, 0.25) is 0 Å². The molecule has 0 radical (unpaired) electrons. The Balaban J connectivity index is 2.64. The van der Waals surface area contributed by atoms with Gasteiger partial charge in [-0.2, -0.15) is 23.2 Å². The Kier molecular flexibility index (Phi) is 3.44. The van der Waals surface area contributed by atoms with Crippen LogP contribution in [0.5, 0.6) is 0 Å². The monoisotopic (exact) mass is 334 g/mol. The summed E-state index contributed by atoms with van der Waals surface area (Å²) < 4.78 is 56.2. The van der Waals surface area contributed by atoms with E-state index in [1.165, 1.54) is 30.3 Å². The minimum atomic E-state index is -5.29. The van der Waals surface area contributed by atoms with Crippen LogP contribution in [0, 0.1) is 0 Å². The summed E-state index contributed by atoms with van der Waals surface area (Å²) in [6.07, 6.45) is -3.46. The van der Waals surface area contributed by atoms with Gasteiger partial charge in [0.2, 0.25) is 17.7 Å². The molecular weight excluding hydrogens is 328 g/mol. The Morgan fingerprint density at radius 3 is 2.25 bits per heavy atom. The van der Waals surface area contributed by atoms with E-state index in [0.717, 1.165) is 18.2 Å². The molecule has 8 heteroatoms.